The largest absolute Gasteiger partial charge is 0.356 e. The smallest absolute Gasteiger partial charge is 0.267 e. The first-order valence-electron chi connectivity index (χ1n) is 11.5. The van der Waals surface area contributed by atoms with Gasteiger partial charge < -0.3 is 14.5 Å². The second kappa shape index (κ2) is 7.77. The topological polar surface area (TPSA) is 73.9 Å². The Hall–Kier alpha value is -3.51. The Morgan fingerprint density at radius 2 is 1.88 bits per heavy atom. The summed E-state index contributed by atoms with van der Waals surface area (Å²) in [5.74, 6) is 0.677. The molecule has 0 N–H and O–H groups in total. The summed E-state index contributed by atoms with van der Waals surface area (Å²) < 4.78 is 34.8. The molecule has 3 aromatic rings. The Labute approximate surface area is 195 Å². The van der Waals surface area contributed by atoms with Gasteiger partial charge in [-0.2, -0.15) is 10.4 Å². The number of ether oxygens (including phenoxy) is 1. The van der Waals surface area contributed by atoms with Gasteiger partial charge in [-0.15, -0.1) is 0 Å². The van der Waals surface area contributed by atoms with Gasteiger partial charge in [0.25, 0.3) is 12.3 Å². The van der Waals surface area contributed by atoms with Crippen molar-refractivity contribution in [2.45, 2.75) is 50.0 Å². The van der Waals surface area contributed by atoms with Crippen LogP contribution in [0.1, 0.15) is 54.8 Å². The fourth-order valence-electron chi connectivity index (χ4n) is 5.75. The second-order valence-corrected chi connectivity index (χ2v) is 9.15. The molecule has 34 heavy (non-hydrogen) atoms. The van der Waals surface area contributed by atoms with Gasteiger partial charge in [-0.05, 0) is 30.5 Å². The van der Waals surface area contributed by atoms with Crippen LogP contribution in [0.5, 0.6) is 0 Å². The molecule has 3 saturated heterocycles. The van der Waals surface area contributed by atoms with E-state index in [1.54, 1.807) is 12.1 Å². The number of alkyl halides is 2. The number of carbonyl (C=O) groups is 1. The first-order valence-corrected chi connectivity index (χ1v) is 11.5. The molecule has 0 saturated carbocycles. The van der Waals surface area contributed by atoms with E-state index in [1.165, 1.54) is 4.52 Å². The molecule has 7 nitrogen and oxygen atoms in total. The summed E-state index contributed by atoms with van der Waals surface area (Å²) >= 11 is 0. The van der Waals surface area contributed by atoms with E-state index in [-0.39, 0.29) is 34.8 Å². The Morgan fingerprint density at radius 1 is 1.12 bits per heavy atom. The van der Waals surface area contributed by atoms with Crippen molar-refractivity contribution in [2.24, 2.45) is 0 Å². The molecular weight excluding hydrogens is 440 g/mol. The van der Waals surface area contributed by atoms with E-state index in [9.17, 15) is 18.8 Å². The molecule has 1 spiro atoms. The predicted octanol–water partition coefficient (Wildman–Crippen LogP) is 4.20. The van der Waals surface area contributed by atoms with Crippen LogP contribution in [0.4, 0.5) is 14.6 Å². The normalized spacial score (nSPS) is 23.8. The summed E-state index contributed by atoms with van der Waals surface area (Å²) in [5, 5.41) is 13.6. The summed E-state index contributed by atoms with van der Waals surface area (Å²) in [6.45, 7) is 1.04. The van der Waals surface area contributed by atoms with Gasteiger partial charge in [0.1, 0.15) is 18.1 Å². The van der Waals surface area contributed by atoms with Crippen molar-refractivity contribution in [2.75, 3.05) is 18.0 Å². The lowest BCUT2D eigenvalue weighted by molar-refractivity contribution is -0.140. The number of halogens is 2. The second-order valence-electron chi connectivity index (χ2n) is 9.15. The minimum atomic E-state index is -2.72. The van der Waals surface area contributed by atoms with E-state index in [1.807, 2.05) is 34.1 Å². The zero-order chi connectivity index (χ0) is 23.4. The molecule has 5 heterocycles. The molecule has 0 aliphatic carbocycles. The molecule has 0 radical (unpaired) electrons. The van der Waals surface area contributed by atoms with E-state index >= 15 is 0 Å². The Kier molecular flexibility index (Phi) is 4.81. The lowest BCUT2D eigenvalue weighted by Crippen LogP contribution is -2.50. The Morgan fingerprint density at radius 3 is 2.59 bits per heavy atom. The molecule has 174 valence electrons. The van der Waals surface area contributed by atoms with Gasteiger partial charge in [0.05, 0.1) is 28.9 Å². The zero-order valence-electron chi connectivity index (χ0n) is 18.4. The molecule has 3 aliphatic heterocycles. The number of pyridine rings is 1. The number of amides is 1. The SMILES string of the molecule is N#Cc1ccc(N2CCC3(CC2)OC2CCC(c4ccccc4)N2C3=O)n2ncc(C(F)F)c12. The highest BCUT2D eigenvalue weighted by Gasteiger charge is 2.58. The van der Waals surface area contributed by atoms with Crippen molar-refractivity contribution in [1.82, 2.24) is 14.5 Å². The number of carbonyl (C=O) groups excluding carboxylic acids is 1. The molecule has 2 unspecified atom stereocenters. The van der Waals surface area contributed by atoms with E-state index in [0.717, 1.165) is 24.6 Å². The lowest BCUT2D eigenvalue weighted by atomic mass is 9.89. The number of benzene rings is 1. The van der Waals surface area contributed by atoms with Gasteiger partial charge in [0.15, 0.2) is 5.60 Å². The van der Waals surface area contributed by atoms with Crippen LogP contribution in [-0.2, 0) is 9.53 Å². The third kappa shape index (κ3) is 3.02. The van der Waals surface area contributed by atoms with Gasteiger partial charge in [0.2, 0.25) is 0 Å². The highest BCUT2D eigenvalue weighted by Crippen LogP contribution is 2.48. The minimum absolute atomic E-state index is 0.0334. The van der Waals surface area contributed by atoms with E-state index < -0.39 is 12.0 Å². The maximum absolute atomic E-state index is 13.6. The summed E-state index contributed by atoms with van der Waals surface area (Å²) in [7, 11) is 0. The maximum Gasteiger partial charge on any atom is 0.267 e. The summed E-state index contributed by atoms with van der Waals surface area (Å²) in [5.41, 5.74) is 0.318. The number of aromatic nitrogens is 2. The van der Waals surface area contributed by atoms with E-state index in [0.29, 0.717) is 31.7 Å². The van der Waals surface area contributed by atoms with Crippen molar-refractivity contribution in [3.63, 3.8) is 0 Å². The monoisotopic (exact) mass is 463 g/mol. The summed E-state index contributed by atoms with van der Waals surface area (Å²) in [4.78, 5) is 17.6. The standard InChI is InChI=1S/C25H23F2N5O2/c26-23(27)18-15-29-32-20(8-6-17(14-28)22(18)32)30-12-10-25(11-13-30)24(33)31-19(7-9-21(31)34-25)16-4-2-1-3-5-16/h1-6,8,15,19,21,23H,7,9-13H2. The molecule has 2 aromatic heterocycles. The summed E-state index contributed by atoms with van der Waals surface area (Å²) in [6, 6.07) is 15.4. The average molecular weight is 463 g/mol. The van der Waals surface area contributed by atoms with Crippen molar-refractivity contribution in [1.29, 1.82) is 5.26 Å². The predicted molar refractivity (Wildman–Crippen MR) is 119 cm³/mol. The molecule has 9 heteroatoms. The highest BCUT2D eigenvalue weighted by molar-refractivity contribution is 5.88. The van der Waals surface area contributed by atoms with Crippen LogP contribution in [0, 0.1) is 11.3 Å². The van der Waals surface area contributed by atoms with Crippen LogP contribution >= 0.6 is 0 Å². The quantitative estimate of drug-likeness (QED) is 0.582. The van der Waals surface area contributed by atoms with Gasteiger partial charge >= 0.3 is 0 Å². The molecule has 3 fully saturated rings. The summed E-state index contributed by atoms with van der Waals surface area (Å²) in [6.07, 6.45) is 0.909. The van der Waals surface area contributed by atoms with Crippen LogP contribution in [-0.4, -0.2) is 45.3 Å². The van der Waals surface area contributed by atoms with Gasteiger partial charge in [-0.3, -0.25) is 4.79 Å². The van der Waals surface area contributed by atoms with Crippen LogP contribution in [0.25, 0.3) is 5.52 Å². The Bertz CT molecular complexity index is 1290. The minimum Gasteiger partial charge on any atom is -0.356 e. The molecule has 3 aliphatic rings. The fourth-order valence-corrected chi connectivity index (χ4v) is 5.75. The number of fused-ring (bicyclic) bond motifs is 2. The number of hydrogen-bond acceptors (Lipinski definition) is 5. The van der Waals surface area contributed by atoms with Crippen LogP contribution in [0.3, 0.4) is 0 Å². The van der Waals surface area contributed by atoms with Gasteiger partial charge in [-0.25, -0.2) is 13.3 Å². The van der Waals surface area contributed by atoms with Gasteiger partial charge in [0, 0.05) is 25.9 Å². The number of nitrogens with zero attached hydrogens (tertiary/aromatic N) is 5. The van der Waals surface area contributed by atoms with Crippen LogP contribution < -0.4 is 4.90 Å². The van der Waals surface area contributed by atoms with Gasteiger partial charge in [-0.1, -0.05) is 30.3 Å². The average Bonchev–Trinajstić information content (AvgIpc) is 3.55. The van der Waals surface area contributed by atoms with Crippen molar-refractivity contribution in [3.05, 3.63) is 65.4 Å². The molecule has 1 amide bonds. The molecular formula is C25H23F2N5O2. The number of piperidine rings is 1. The van der Waals surface area contributed by atoms with E-state index in [4.69, 9.17) is 4.74 Å². The van der Waals surface area contributed by atoms with Crippen LogP contribution in [0.15, 0.2) is 48.7 Å². The lowest BCUT2D eigenvalue weighted by Gasteiger charge is -2.38. The number of hydrogen-bond donors (Lipinski definition) is 0. The van der Waals surface area contributed by atoms with Crippen molar-refractivity contribution >= 4 is 17.2 Å². The molecule has 6 rings (SSSR count). The highest BCUT2D eigenvalue weighted by atomic mass is 19.3. The molecule has 0 bridgehead atoms. The fraction of sp³-hybridized carbons (Fsp3) is 0.400. The number of nitriles is 1. The van der Waals surface area contributed by atoms with Crippen LogP contribution in [0.2, 0.25) is 0 Å². The maximum atomic E-state index is 13.6. The number of rotatable bonds is 3. The molecule has 1 aromatic carbocycles. The van der Waals surface area contributed by atoms with Crippen molar-refractivity contribution < 1.29 is 18.3 Å². The van der Waals surface area contributed by atoms with E-state index in [2.05, 4.69) is 17.2 Å². The third-order valence-corrected chi connectivity index (χ3v) is 7.42. The number of anilines is 1. The van der Waals surface area contributed by atoms with Crippen molar-refractivity contribution in [3.8, 4) is 6.07 Å². The zero-order valence-corrected chi connectivity index (χ0v) is 18.4. The first kappa shape index (κ1) is 21.1. The molecule has 2 atom stereocenters. The first-order chi connectivity index (χ1) is 16.5. The Balaban J connectivity index is 1.25. The third-order valence-electron chi connectivity index (χ3n) is 7.42.